The maximum Gasteiger partial charge on any atom is 0.237 e. The lowest BCUT2D eigenvalue weighted by atomic mass is 9.77. The number of fused-ring (bicyclic) bond motifs is 1. The van der Waals surface area contributed by atoms with E-state index >= 15 is 0 Å². The van der Waals surface area contributed by atoms with E-state index in [1.807, 2.05) is 30.9 Å². The SMILES string of the molecule is CC1CCC(F)C2CC(C(=O)N[C@@H]3CCC[C@@H](N4CCC(N(C)C(=O)CN(C)C)C4)C3)NC12. The van der Waals surface area contributed by atoms with Gasteiger partial charge in [0.2, 0.25) is 11.8 Å². The average molecular weight is 466 g/mol. The number of hydrogen-bond donors (Lipinski definition) is 2. The van der Waals surface area contributed by atoms with E-state index in [0.717, 1.165) is 51.6 Å². The van der Waals surface area contributed by atoms with Crippen LogP contribution in [0.3, 0.4) is 0 Å². The van der Waals surface area contributed by atoms with Crippen LogP contribution in [0.1, 0.15) is 58.3 Å². The van der Waals surface area contributed by atoms with Crippen molar-refractivity contribution >= 4 is 11.8 Å². The molecule has 0 aromatic heterocycles. The molecular formula is C25H44FN5O2. The van der Waals surface area contributed by atoms with Gasteiger partial charge in [-0.1, -0.05) is 6.92 Å². The number of rotatable bonds is 6. The number of likely N-dealkylation sites (N-methyl/N-ethyl adjacent to an activating group) is 2. The van der Waals surface area contributed by atoms with Crippen LogP contribution in [-0.2, 0) is 9.59 Å². The van der Waals surface area contributed by atoms with Crippen molar-refractivity contribution in [2.75, 3.05) is 40.8 Å². The minimum atomic E-state index is -0.776. The van der Waals surface area contributed by atoms with Crippen molar-refractivity contribution in [2.24, 2.45) is 11.8 Å². The third kappa shape index (κ3) is 5.70. The van der Waals surface area contributed by atoms with Gasteiger partial charge in [0.05, 0.1) is 12.6 Å². The summed E-state index contributed by atoms with van der Waals surface area (Å²) in [5.74, 6) is 0.653. The molecule has 4 aliphatic rings. The molecule has 0 aromatic rings. The molecule has 2 aliphatic heterocycles. The van der Waals surface area contributed by atoms with Crippen LogP contribution in [0.4, 0.5) is 4.39 Å². The third-order valence-electron chi connectivity index (χ3n) is 8.75. The summed E-state index contributed by atoms with van der Waals surface area (Å²) in [6.45, 7) is 4.56. The van der Waals surface area contributed by atoms with Gasteiger partial charge in [-0.2, -0.15) is 0 Å². The predicted octanol–water partition coefficient (Wildman–Crippen LogP) is 1.62. The predicted molar refractivity (Wildman–Crippen MR) is 128 cm³/mol. The van der Waals surface area contributed by atoms with Gasteiger partial charge in [0.15, 0.2) is 0 Å². The number of amides is 2. The van der Waals surface area contributed by atoms with Crippen LogP contribution in [0.15, 0.2) is 0 Å². The van der Waals surface area contributed by atoms with Crippen LogP contribution in [0.2, 0.25) is 0 Å². The summed E-state index contributed by atoms with van der Waals surface area (Å²) in [5, 5.41) is 6.77. The summed E-state index contributed by atoms with van der Waals surface area (Å²) in [4.78, 5) is 31.9. The molecule has 6 unspecified atom stereocenters. The van der Waals surface area contributed by atoms with Gasteiger partial charge in [-0.15, -0.1) is 0 Å². The van der Waals surface area contributed by atoms with E-state index < -0.39 is 6.17 Å². The fraction of sp³-hybridized carbons (Fsp3) is 0.920. The number of carbonyl (C=O) groups excluding carboxylic acids is 2. The number of alkyl halides is 1. The average Bonchev–Trinajstić information content (AvgIpc) is 3.44. The first kappa shape index (κ1) is 24.9. The Morgan fingerprint density at radius 3 is 2.61 bits per heavy atom. The van der Waals surface area contributed by atoms with Gasteiger partial charge in [-0.05, 0) is 71.4 Å². The van der Waals surface area contributed by atoms with E-state index in [-0.39, 0.29) is 41.9 Å². The molecule has 0 aromatic carbocycles. The van der Waals surface area contributed by atoms with Gasteiger partial charge in [-0.3, -0.25) is 14.5 Å². The molecule has 8 heteroatoms. The maximum atomic E-state index is 14.4. The summed E-state index contributed by atoms with van der Waals surface area (Å²) in [6, 6.07) is 0.797. The number of hydrogen-bond acceptors (Lipinski definition) is 5. The molecule has 0 radical (unpaired) electrons. The Morgan fingerprint density at radius 1 is 1.09 bits per heavy atom. The van der Waals surface area contributed by atoms with Crippen molar-refractivity contribution in [3.8, 4) is 0 Å². The molecule has 2 N–H and O–H groups in total. The molecule has 0 bridgehead atoms. The molecule has 33 heavy (non-hydrogen) atoms. The second-order valence-electron chi connectivity index (χ2n) is 11.4. The lowest BCUT2D eigenvalue weighted by molar-refractivity contribution is -0.132. The van der Waals surface area contributed by atoms with Crippen molar-refractivity contribution in [3.05, 3.63) is 0 Å². The van der Waals surface area contributed by atoms with Crippen molar-refractivity contribution in [1.82, 2.24) is 25.3 Å². The smallest absolute Gasteiger partial charge is 0.237 e. The number of nitrogens with zero attached hydrogens (tertiary/aromatic N) is 3. The fourth-order valence-electron chi connectivity index (χ4n) is 6.73. The molecule has 2 saturated carbocycles. The van der Waals surface area contributed by atoms with Crippen LogP contribution in [0.5, 0.6) is 0 Å². The molecule has 4 rings (SSSR count). The van der Waals surface area contributed by atoms with Crippen LogP contribution in [-0.4, -0.2) is 104 Å². The zero-order valence-electron chi connectivity index (χ0n) is 20.9. The van der Waals surface area contributed by atoms with Crippen LogP contribution in [0, 0.1) is 11.8 Å². The van der Waals surface area contributed by atoms with E-state index in [4.69, 9.17) is 0 Å². The second-order valence-corrected chi connectivity index (χ2v) is 11.4. The summed E-state index contributed by atoms with van der Waals surface area (Å²) in [5.41, 5.74) is 0. The van der Waals surface area contributed by atoms with E-state index in [9.17, 15) is 14.0 Å². The number of nitrogens with one attached hydrogen (secondary N) is 2. The van der Waals surface area contributed by atoms with Gasteiger partial charge in [0, 0.05) is 50.2 Å². The highest BCUT2D eigenvalue weighted by molar-refractivity contribution is 5.82. The topological polar surface area (TPSA) is 67.9 Å². The first-order chi connectivity index (χ1) is 15.7. The molecular weight excluding hydrogens is 421 g/mol. The first-order valence-corrected chi connectivity index (χ1v) is 13.1. The maximum absolute atomic E-state index is 14.4. The Bertz CT molecular complexity index is 688. The fourth-order valence-corrected chi connectivity index (χ4v) is 6.73. The zero-order chi connectivity index (χ0) is 23.7. The van der Waals surface area contributed by atoms with Gasteiger partial charge >= 0.3 is 0 Å². The number of likely N-dealkylation sites (tertiary alicyclic amines) is 1. The number of halogens is 1. The van der Waals surface area contributed by atoms with Gasteiger partial charge in [-0.25, -0.2) is 4.39 Å². The Morgan fingerprint density at radius 2 is 1.88 bits per heavy atom. The molecule has 188 valence electrons. The zero-order valence-corrected chi connectivity index (χ0v) is 20.9. The van der Waals surface area contributed by atoms with Gasteiger partial charge in [0.25, 0.3) is 0 Å². The summed E-state index contributed by atoms with van der Waals surface area (Å²) in [7, 11) is 5.78. The quantitative estimate of drug-likeness (QED) is 0.624. The van der Waals surface area contributed by atoms with E-state index in [1.165, 1.54) is 0 Å². The van der Waals surface area contributed by atoms with Crippen LogP contribution >= 0.6 is 0 Å². The third-order valence-corrected chi connectivity index (χ3v) is 8.75. The molecule has 8 atom stereocenters. The first-order valence-electron chi connectivity index (χ1n) is 13.1. The van der Waals surface area contributed by atoms with E-state index in [0.29, 0.717) is 31.3 Å². The lowest BCUT2D eigenvalue weighted by Crippen LogP contribution is -2.51. The minimum Gasteiger partial charge on any atom is -0.352 e. The van der Waals surface area contributed by atoms with Gasteiger partial charge < -0.3 is 20.4 Å². The van der Waals surface area contributed by atoms with Gasteiger partial charge in [0.1, 0.15) is 6.17 Å². The molecule has 0 spiro atoms. The molecule has 2 aliphatic carbocycles. The Labute approximate surface area is 198 Å². The molecule has 4 fully saturated rings. The lowest BCUT2D eigenvalue weighted by Gasteiger charge is -2.36. The second kappa shape index (κ2) is 10.6. The monoisotopic (exact) mass is 465 g/mol. The molecule has 2 heterocycles. The Kier molecular flexibility index (Phi) is 7.96. The van der Waals surface area contributed by atoms with Crippen molar-refractivity contribution in [2.45, 2.75) is 94.7 Å². The molecule has 2 saturated heterocycles. The highest BCUT2D eigenvalue weighted by atomic mass is 19.1. The number of carbonyl (C=O) groups is 2. The highest BCUT2D eigenvalue weighted by Crippen LogP contribution is 2.38. The Hall–Kier alpha value is -1.25. The normalized spacial score (nSPS) is 39.5. The summed E-state index contributed by atoms with van der Waals surface area (Å²) >= 11 is 0. The van der Waals surface area contributed by atoms with Crippen molar-refractivity contribution in [3.63, 3.8) is 0 Å². The van der Waals surface area contributed by atoms with Crippen LogP contribution < -0.4 is 10.6 Å². The largest absolute Gasteiger partial charge is 0.352 e. The molecule has 2 amide bonds. The standard InChI is InChI=1S/C25H44FN5O2/c1-16-8-9-21(26)20-13-22(28-24(16)20)25(33)27-17-6-5-7-18(12-17)31-11-10-19(14-31)30(4)23(32)15-29(2)3/h16-22,24,28H,5-15H2,1-4H3,(H,27,33)/t16?,17-,18-,19?,20?,21?,22?,24?/m1/s1. The van der Waals surface area contributed by atoms with Crippen molar-refractivity contribution in [1.29, 1.82) is 0 Å². The van der Waals surface area contributed by atoms with Crippen LogP contribution in [0.25, 0.3) is 0 Å². The Balaban J connectivity index is 1.26. The molecule has 7 nitrogen and oxygen atoms in total. The summed E-state index contributed by atoms with van der Waals surface area (Å²) in [6.07, 6.45) is 6.65. The highest BCUT2D eigenvalue weighted by Gasteiger charge is 2.46. The van der Waals surface area contributed by atoms with E-state index in [2.05, 4.69) is 22.5 Å². The summed E-state index contributed by atoms with van der Waals surface area (Å²) < 4.78 is 14.4. The van der Waals surface area contributed by atoms with Crippen molar-refractivity contribution < 1.29 is 14.0 Å². The van der Waals surface area contributed by atoms with E-state index in [1.54, 1.807) is 0 Å². The minimum absolute atomic E-state index is 0.0164.